The molecule has 1 aliphatic rings. The number of hydrogen-bond donors (Lipinski definition) is 3. The van der Waals surface area contributed by atoms with Crippen molar-refractivity contribution in [2.75, 3.05) is 18.4 Å². The summed E-state index contributed by atoms with van der Waals surface area (Å²) in [6.45, 7) is 3.28. The number of amides is 2. The highest BCUT2D eigenvalue weighted by atomic mass is 35.5. The van der Waals surface area contributed by atoms with E-state index >= 15 is 0 Å². The van der Waals surface area contributed by atoms with Crippen molar-refractivity contribution in [2.45, 2.75) is 32.2 Å². The number of carbonyl (C=O) groups excluding carboxylic acids is 1. The Balaban J connectivity index is 0.00000220. The Morgan fingerprint density at radius 3 is 2.95 bits per heavy atom. The Morgan fingerprint density at radius 1 is 1.52 bits per heavy atom. The molecule has 0 unspecified atom stereocenters. The Labute approximate surface area is 135 Å². The fraction of sp³-hybridized carbons (Fsp3) is 0.500. The first-order valence-corrected chi connectivity index (χ1v) is 7.18. The van der Waals surface area contributed by atoms with E-state index in [0.29, 0.717) is 23.8 Å². The van der Waals surface area contributed by atoms with Gasteiger partial charge >= 0.3 is 6.03 Å². The fourth-order valence-corrected chi connectivity index (χ4v) is 2.48. The number of rotatable bonds is 4. The van der Waals surface area contributed by atoms with Crippen molar-refractivity contribution in [3.8, 4) is 0 Å². The minimum absolute atomic E-state index is 0. The number of hydrogen-bond acceptors (Lipinski definition) is 2. The minimum Gasteiger partial charge on any atom is -0.338 e. The molecule has 1 fully saturated rings. The van der Waals surface area contributed by atoms with Crippen LogP contribution in [-0.2, 0) is 0 Å². The largest absolute Gasteiger partial charge is 0.338 e. The molecular formula is C14H20Cl2FN3O. The molecule has 21 heavy (non-hydrogen) atoms. The van der Waals surface area contributed by atoms with Crippen LogP contribution in [0.25, 0.3) is 0 Å². The van der Waals surface area contributed by atoms with Crippen molar-refractivity contribution in [2.24, 2.45) is 0 Å². The molecule has 1 aromatic rings. The third-order valence-electron chi connectivity index (χ3n) is 3.44. The molecule has 0 saturated carbocycles. The summed E-state index contributed by atoms with van der Waals surface area (Å²) in [5, 5.41) is 8.97. The van der Waals surface area contributed by atoms with Crippen LogP contribution >= 0.6 is 24.0 Å². The lowest BCUT2D eigenvalue weighted by Crippen LogP contribution is -2.33. The molecule has 0 aliphatic carbocycles. The van der Waals surface area contributed by atoms with Gasteiger partial charge in [-0.05, 0) is 50.4 Å². The number of aryl methyl sites for hydroxylation is 1. The van der Waals surface area contributed by atoms with Gasteiger partial charge in [-0.3, -0.25) is 0 Å². The summed E-state index contributed by atoms with van der Waals surface area (Å²) >= 11 is 5.89. The number of carbonyl (C=O) groups is 1. The summed E-state index contributed by atoms with van der Waals surface area (Å²) in [6.07, 6.45) is 3.26. The number of nitrogens with one attached hydrogen (secondary N) is 3. The monoisotopic (exact) mass is 335 g/mol. The van der Waals surface area contributed by atoms with Gasteiger partial charge in [-0.15, -0.1) is 12.4 Å². The normalized spacial score (nSPS) is 17.2. The Bertz CT molecular complexity index is 493. The maximum absolute atomic E-state index is 13.3. The molecule has 2 amide bonds. The van der Waals surface area contributed by atoms with Gasteiger partial charge in [0, 0.05) is 12.6 Å². The maximum Gasteiger partial charge on any atom is 0.319 e. The summed E-state index contributed by atoms with van der Waals surface area (Å²) < 4.78 is 13.3. The van der Waals surface area contributed by atoms with E-state index in [0.717, 1.165) is 19.4 Å². The first-order chi connectivity index (χ1) is 9.56. The quantitative estimate of drug-likeness (QED) is 0.789. The molecule has 1 saturated heterocycles. The zero-order valence-corrected chi connectivity index (χ0v) is 13.4. The lowest BCUT2D eigenvalue weighted by atomic mass is 10.1. The molecule has 2 rings (SSSR count). The summed E-state index contributed by atoms with van der Waals surface area (Å²) in [5.74, 6) is -0.381. The van der Waals surface area contributed by atoms with Crippen LogP contribution in [-0.4, -0.2) is 25.2 Å². The van der Waals surface area contributed by atoms with Gasteiger partial charge in [0.25, 0.3) is 0 Å². The predicted octanol–water partition coefficient (Wildman–Crippen LogP) is 3.47. The third-order valence-corrected chi connectivity index (χ3v) is 3.75. The second kappa shape index (κ2) is 8.41. The van der Waals surface area contributed by atoms with Crippen LogP contribution in [0.1, 0.15) is 24.8 Å². The molecule has 4 nitrogen and oxygen atoms in total. The summed E-state index contributed by atoms with van der Waals surface area (Å²) in [6, 6.07) is 2.90. The second-order valence-electron chi connectivity index (χ2n) is 5.04. The maximum atomic E-state index is 13.3. The summed E-state index contributed by atoms with van der Waals surface area (Å²) in [7, 11) is 0. The van der Waals surface area contributed by atoms with Gasteiger partial charge in [0.1, 0.15) is 5.82 Å². The molecule has 0 radical (unpaired) electrons. The van der Waals surface area contributed by atoms with Crippen molar-refractivity contribution >= 4 is 35.7 Å². The minimum atomic E-state index is -0.381. The van der Waals surface area contributed by atoms with E-state index in [1.165, 1.54) is 18.6 Å². The molecule has 1 atom stereocenters. The number of anilines is 1. The molecule has 7 heteroatoms. The van der Waals surface area contributed by atoms with E-state index in [9.17, 15) is 9.18 Å². The van der Waals surface area contributed by atoms with Crippen LogP contribution in [0.4, 0.5) is 14.9 Å². The highest BCUT2D eigenvalue weighted by Crippen LogP contribution is 2.25. The first-order valence-electron chi connectivity index (χ1n) is 6.80. The smallest absolute Gasteiger partial charge is 0.319 e. The van der Waals surface area contributed by atoms with E-state index in [1.54, 1.807) is 6.92 Å². The zero-order valence-electron chi connectivity index (χ0n) is 11.8. The number of benzene rings is 1. The van der Waals surface area contributed by atoms with Crippen LogP contribution in [0.3, 0.4) is 0 Å². The Hall–Kier alpha value is -1.04. The second-order valence-corrected chi connectivity index (χ2v) is 5.45. The van der Waals surface area contributed by atoms with Gasteiger partial charge in [-0.1, -0.05) is 11.6 Å². The number of urea groups is 1. The van der Waals surface area contributed by atoms with Crippen molar-refractivity contribution in [1.82, 2.24) is 10.6 Å². The predicted molar refractivity (Wildman–Crippen MR) is 86.1 cm³/mol. The standard InChI is InChI=1S/C14H19ClFN3O.ClH/c1-9-7-13(11(15)8-12(9)16)19-14(20)18-6-4-10-3-2-5-17-10;/h7-8,10,17H,2-6H2,1H3,(H2,18,19,20);1H/t10-;/m1./s1. The fourth-order valence-electron chi connectivity index (χ4n) is 2.28. The van der Waals surface area contributed by atoms with Gasteiger partial charge < -0.3 is 16.0 Å². The molecular weight excluding hydrogens is 316 g/mol. The van der Waals surface area contributed by atoms with Gasteiger partial charge in [0.2, 0.25) is 0 Å². The molecule has 0 aromatic heterocycles. The van der Waals surface area contributed by atoms with Gasteiger partial charge in [0.15, 0.2) is 0 Å². The number of halogens is 3. The van der Waals surface area contributed by atoms with Crippen LogP contribution in [0.5, 0.6) is 0 Å². The van der Waals surface area contributed by atoms with E-state index < -0.39 is 0 Å². The molecule has 118 valence electrons. The lowest BCUT2D eigenvalue weighted by Gasteiger charge is -2.12. The topological polar surface area (TPSA) is 53.2 Å². The molecule has 1 aromatic carbocycles. The van der Waals surface area contributed by atoms with Gasteiger partial charge in [-0.25, -0.2) is 9.18 Å². The lowest BCUT2D eigenvalue weighted by molar-refractivity contribution is 0.251. The molecule has 0 bridgehead atoms. The van der Waals surface area contributed by atoms with E-state index in [4.69, 9.17) is 11.6 Å². The van der Waals surface area contributed by atoms with Crippen LogP contribution in [0, 0.1) is 12.7 Å². The SMILES string of the molecule is Cc1cc(NC(=O)NCC[C@H]2CCCN2)c(Cl)cc1F.Cl. The van der Waals surface area contributed by atoms with E-state index in [-0.39, 0.29) is 29.3 Å². The summed E-state index contributed by atoms with van der Waals surface area (Å²) in [5.41, 5.74) is 0.863. The average molecular weight is 336 g/mol. The van der Waals surface area contributed by atoms with Gasteiger partial charge in [0.05, 0.1) is 10.7 Å². The van der Waals surface area contributed by atoms with E-state index in [1.807, 2.05) is 0 Å². The average Bonchev–Trinajstić information content (AvgIpc) is 2.89. The molecule has 3 N–H and O–H groups in total. The highest BCUT2D eigenvalue weighted by molar-refractivity contribution is 6.33. The molecule has 1 heterocycles. The van der Waals surface area contributed by atoms with Crippen LogP contribution in [0.2, 0.25) is 5.02 Å². The van der Waals surface area contributed by atoms with E-state index in [2.05, 4.69) is 16.0 Å². The van der Waals surface area contributed by atoms with Crippen molar-refractivity contribution < 1.29 is 9.18 Å². The Kier molecular flexibility index (Phi) is 7.22. The molecule has 0 spiro atoms. The zero-order chi connectivity index (χ0) is 14.5. The van der Waals surface area contributed by atoms with Gasteiger partial charge in [-0.2, -0.15) is 0 Å². The van der Waals surface area contributed by atoms with Crippen molar-refractivity contribution in [1.29, 1.82) is 0 Å². The Morgan fingerprint density at radius 2 is 2.29 bits per heavy atom. The summed E-state index contributed by atoms with van der Waals surface area (Å²) in [4.78, 5) is 11.7. The third kappa shape index (κ3) is 5.34. The van der Waals surface area contributed by atoms with Crippen LogP contribution < -0.4 is 16.0 Å². The van der Waals surface area contributed by atoms with Crippen molar-refractivity contribution in [3.05, 3.63) is 28.5 Å². The highest BCUT2D eigenvalue weighted by Gasteiger charge is 2.14. The van der Waals surface area contributed by atoms with Crippen LogP contribution in [0.15, 0.2) is 12.1 Å². The first kappa shape index (κ1) is 18.0. The van der Waals surface area contributed by atoms with Crippen molar-refractivity contribution in [3.63, 3.8) is 0 Å². The molecule has 1 aliphatic heterocycles.